The fraction of sp³-hybridized carbons (Fsp3) is 0.708. The van der Waals surface area contributed by atoms with Crippen molar-refractivity contribution in [3.63, 3.8) is 0 Å². The molecule has 31 heavy (non-hydrogen) atoms. The SMILES string of the molecule is O=C1CCC(N2CCN(C3CCCCC3)CC2)CCN1CCS(=O)(=O)c1ccccc1. The fourth-order valence-corrected chi connectivity index (χ4v) is 6.78. The molecule has 2 heterocycles. The van der Waals surface area contributed by atoms with Gasteiger partial charge in [0.05, 0.1) is 10.6 Å². The zero-order chi connectivity index (χ0) is 21.7. The van der Waals surface area contributed by atoms with Crippen LogP contribution in [-0.2, 0) is 14.6 Å². The molecule has 1 aromatic carbocycles. The van der Waals surface area contributed by atoms with Crippen LogP contribution in [0, 0.1) is 0 Å². The highest BCUT2D eigenvalue weighted by molar-refractivity contribution is 7.91. The highest BCUT2D eigenvalue weighted by Crippen LogP contribution is 2.25. The molecule has 3 aliphatic rings. The van der Waals surface area contributed by atoms with Crippen LogP contribution in [0.1, 0.15) is 51.4 Å². The van der Waals surface area contributed by atoms with Gasteiger partial charge in [0.25, 0.3) is 0 Å². The first-order valence-electron chi connectivity index (χ1n) is 12.1. The van der Waals surface area contributed by atoms with Gasteiger partial charge in [-0.1, -0.05) is 37.5 Å². The minimum Gasteiger partial charge on any atom is -0.342 e. The topological polar surface area (TPSA) is 60.9 Å². The molecule has 2 saturated heterocycles. The Kier molecular flexibility index (Phi) is 7.67. The Labute approximate surface area is 187 Å². The zero-order valence-electron chi connectivity index (χ0n) is 18.6. The highest BCUT2D eigenvalue weighted by Gasteiger charge is 2.31. The van der Waals surface area contributed by atoms with Gasteiger partial charge in [-0.05, 0) is 37.8 Å². The molecule has 1 aromatic rings. The molecule has 0 aromatic heterocycles. The molecular formula is C24H37N3O3S. The van der Waals surface area contributed by atoms with Gasteiger partial charge >= 0.3 is 0 Å². The van der Waals surface area contributed by atoms with Gasteiger partial charge in [0, 0.05) is 57.8 Å². The lowest BCUT2D eigenvalue weighted by Gasteiger charge is -2.43. The summed E-state index contributed by atoms with van der Waals surface area (Å²) < 4.78 is 25.2. The van der Waals surface area contributed by atoms with Crippen LogP contribution < -0.4 is 0 Å². The van der Waals surface area contributed by atoms with Crippen molar-refractivity contribution >= 4 is 15.7 Å². The van der Waals surface area contributed by atoms with Gasteiger partial charge in [-0.2, -0.15) is 0 Å². The molecule has 1 saturated carbocycles. The maximum Gasteiger partial charge on any atom is 0.222 e. The second-order valence-electron chi connectivity index (χ2n) is 9.36. The van der Waals surface area contributed by atoms with Crippen molar-refractivity contribution in [1.29, 1.82) is 0 Å². The molecule has 1 atom stereocenters. The molecule has 3 fully saturated rings. The number of benzene rings is 1. The van der Waals surface area contributed by atoms with E-state index in [1.54, 1.807) is 29.2 Å². The Morgan fingerprint density at radius 1 is 0.774 bits per heavy atom. The number of likely N-dealkylation sites (tertiary alicyclic amines) is 1. The Balaban J connectivity index is 1.26. The first-order chi connectivity index (χ1) is 15.0. The van der Waals surface area contributed by atoms with Gasteiger partial charge < -0.3 is 4.90 Å². The van der Waals surface area contributed by atoms with Gasteiger partial charge in [-0.15, -0.1) is 0 Å². The molecule has 0 radical (unpaired) electrons. The third kappa shape index (κ3) is 5.88. The van der Waals surface area contributed by atoms with Gasteiger partial charge in [-0.25, -0.2) is 8.42 Å². The third-order valence-corrected chi connectivity index (χ3v) is 9.18. The largest absolute Gasteiger partial charge is 0.342 e. The fourth-order valence-electron chi connectivity index (χ4n) is 5.51. The Morgan fingerprint density at radius 3 is 2.03 bits per heavy atom. The van der Waals surface area contributed by atoms with Crippen LogP contribution in [0.5, 0.6) is 0 Å². The van der Waals surface area contributed by atoms with E-state index in [0.717, 1.165) is 45.1 Å². The van der Waals surface area contributed by atoms with E-state index in [1.165, 1.54) is 32.1 Å². The molecule has 7 heteroatoms. The molecule has 172 valence electrons. The lowest BCUT2D eigenvalue weighted by Crippen LogP contribution is -2.53. The van der Waals surface area contributed by atoms with Crippen molar-refractivity contribution in [1.82, 2.24) is 14.7 Å². The van der Waals surface area contributed by atoms with Crippen LogP contribution >= 0.6 is 0 Å². The predicted molar refractivity (Wildman–Crippen MR) is 123 cm³/mol. The summed E-state index contributed by atoms with van der Waals surface area (Å²) in [4.78, 5) is 20.0. The van der Waals surface area contributed by atoms with Crippen LogP contribution in [0.2, 0.25) is 0 Å². The number of sulfone groups is 1. The summed E-state index contributed by atoms with van der Waals surface area (Å²) in [6.07, 6.45) is 9.24. The predicted octanol–water partition coefficient (Wildman–Crippen LogP) is 2.79. The molecule has 1 aliphatic carbocycles. The number of carbonyl (C=O) groups is 1. The minimum atomic E-state index is -3.36. The zero-order valence-corrected chi connectivity index (χ0v) is 19.4. The molecular weight excluding hydrogens is 410 g/mol. The molecule has 6 nitrogen and oxygen atoms in total. The van der Waals surface area contributed by atoms with Crippen molar-refractivity contribution in [2.75, 3.05) is 45.0 Å². The first kappa shape index (κ1) is 22.7. The van der Waals surface area contributed by atoms with Gasteiger partial charge in [0.2, 0.25) is 5.91 Å². The number of hydrogen-bond acceptors (Lipinski definition) is 5. The number of amides is 1. The summed E-state index contributed by atoms with van der Waals surface area (Å²) in [5.41, 5.74) is 0. The average Bonchev–Trinajstić information content (AvgIpc) is 3.00. The van der Waals surface area contributed by atoms with Crippen LogP contribution in [0.25, 0.3) is 0 Å². The van der Waals surface area contributed by atoms with Crippen molar-refractivity contribution in [3.05, 3.63) is 30.3 Å². The van der Waals surface area contributed by atoms with Crippen molar-refractivity contribution < 1.29 is 13.2 Å². The molecule has 1 amide bonds. The molecule has 0 N–H and O–H groups in total. The number of rotatable bonds is 6. The first-order valence-corrected chi connectivity index (χ1v) is 13.7. The van der Waals surface area contributed by atoms with E-state index in [-0.39, 0.29) is 18.2 Å². The Bertz CT molecular complexity index is 816. The van der Waals surface area contributed by atoms with E-state index in [0.29, 0.717) is 23.9 Å². The van der Waals surface area contributed by atoms with Crippen molar-refractivity contribution in [2.24, 2.45) is 0 Å². The molecule has 4 rings (SSSR count). The standard InChI is InChI=1S/C24H37N3O3S/c28-24-12-11-22(26-17-15-25(16-18-26)21-7-3-1-4-8-21)13-14-27(24)19-20-31(29,30)23-9-5-2-6-10-23/h2,5-6,9-10,21-22H,1,3-4,7-8,11-20H2. The number of piperazine rings is 1. The quantitative estimate of drug-likeness (QED) is 0.671. The molecule has 2 aliphatic heterocycles. The summed E-state index contributed by atoms with van der Waals surface area (Å²) in [5.74, 6) is 0.0969. The lowest BCUT2D eigenvalue weighted by molar-refractivity contribution is -0.130. The highest BCUT2D eigenvalue weighted by atomic mass is 32.2. The second kappa shape index (κ2) is 10.5. The Hall–Kier alpha value is -1.44. The normalized spacial score (nSPS) is 25.5. The maximum absolute atomic E-state index is 12.7. The van der Waals surface area contributed by atoms with Crippen LogP contribution in [0.3, 0.4) is 0 Å². The van der Waals surface area contributed by atoms with Crippen LogP contribution in [0.4, 0.5) is 0 Å². The second-order valence-corrected chi connectivity index (χ2v) is 11.5. The summed E-state index contributed by atoms with van der Waals surface area (Å²) >= 11 is 0. The maximum atomic E-state index is 12.7. The van der Waals surface area contributed by atoms with E-state index in [9.17, 15) is 13.2 Å². The van der Waals surface area contributed by atoms with Crippen molar-refractivity contribution in [3.8, 4) is 0 Å². The van der Waals surface area contributed by atoms with E-state index < -0.39 is 9.84 Å². The minimum absolute atomic E-state index is 0.00647. The van der Waals surface area contributed by atoms with E-state index in [4.69, 9.17) is 0 Å². The van der Waals surface area contributed by atoms with Crippen LogP contribution in [-0.4, -0.2) is 86.1 Å². The Morgan fingerprint density at radius 2 is 1.39 bits per heavy atom. The monoisotopic (exact) mass is 447 g/mol. The third-order valence-electron chi connectivity index (χ3n) is 7.46. The number of hydrogen-bond donors (Lipinski definition) is 0. The van der Waals surface area contributed by atoms with Crippen LogP contribution in [0.15, 0.2) is 35.2 Å². The number of carbonyl (C=O) groups excluding carboxylic acids is 1. The average molecular weight is 448 g/mol. The molecule has 1 unspecified atom stereocenters. The summed E-state index contributed by atoms with van der Waals surface area (Å²) in [7, 11) is -3.36. The van der Waals surface area contributed by atoms with E-state index in [2.05, 4.69) is 9.80 Å². The van der Waals surface area contributed by atoms with Crippen molar-refractivity contribution in [2.45, 2.75) is 68.3 Å². The van der Waals surface area contributed by atoms with E-state index >= 15 is 0 Å². The molecule has 0 spiro atoms. The number of nitrogens with zero attached hydrogens (tertiary/aromatic N) is 3. The van der Waals surface area contributed by atoms with Gasteiger partial charge in [0.1, 0.15) is 0 Å². The van der Waals surface area contributed by atoms with Gasteiger partial charge in [0.15, 0.2) is 9.84 Å². The molecule has 0 bridgehead atoms. The van der Waals surface area contributed by atoms with E-state index in [1.807, 2.05) is 6.07 Å². The summed E-state index contributed by atoms with van der Waals surface area (Å²) in [5, 5.41) is 0. The smallest absolute Gasteiger partial charge is 0.222 e. The summed E-state index contributed by atoms with van der Waals surface area (Å²) in [6, 6.07) is 9.77. The van der Waals surface area contributed by atoms with Gasteiger partial charge in [-0.3, -0.25) is 14.6 Å². The summed E-state index contributed by atoms with van der Waals surface area (Å²) in [6.45, 7) is 5.44. The lowest BCUT2D eigenvalue weighted by atomic mass is 9.93.